The Morgan fingerprint density at radius 2 is 1.23 bits per heavy atom. The van der Waals surface area contributed by atoms with E-state index in [2.05, 4.69) is 28.1 Å². The van der Waals surface area contributed by atoms with Crippen molar-refractivity contribution in [2.75, 3.05) is 49.0 Å². The number of cyclic esters (lactones) is 2. The van der Waals surface area contributed by atoms with Gasteiger partial charge in [-0.3, -0.25) is 33.7 Å². The summed E-state index contributed by atoms with van der Waals surface area (Å²) in [5.41, 5.74) is -3.92. The monoisotopic (exact) mass is 1580 g/mol. The normalized spacial score (nSPS) is 35.8. The van der Waals surface area contributed by atoms with Gasteiger partial charge in [-0.1, -0.05) is 79.8 Å². The first-order valence-electron chi connectivity index (χ1n) is 39.3. The number of hydrogen-bond donors (Lipinski definition) is 1. The lowest BCUT2D eigenvalue weighted by Gasteiger charge is -2.47. The second-order valence-electron chi connectivity index (χ2n) is 32.1. The molecule has 0 saturated carbocycles. The number of aliphatic hydroxyl groups is 1. The number of ketones is 4. The number of aromatic nitrogens is 5. The van der Waals surface area contributed by atoms with Crippen molar-refractivity contribution in [1.82, 2.24) is 38.8 Å². The van der Waals surface area contributed by atoms with Gasteiger partial charge in [0.2, 0.25) is 0 Å². The maximum atomic E-state index is 14.8. The number of aliphatic hydroxyl groups excluding tert-OH is 1. The van der Waals surface area contributed by atoms with Gasteiger partial charge in [0.1, 0.15) is 42.3 Å². The van der Waals surface area contributed by atoms with Gasteiger partial charge in [0.05, 0.1) is 65.1 Å². The van der Waals surface area contributed by atoms with Gasteiger partial charge >= 0.3 is 30.1 Å². The summed E-state index contributed by atoms with van der Waals surface area (Å²) in [6.07, 6.45) is 3.68. The Morgan fingerprint density at radius 3 is 1.78 bits per heavy atom. The molecule has 0 aliphatic carbocycles. The van der Waals surface area contributed by atoms with E-state index in [1.165, 1.54) is 65.0 Å². The van der Waals surface area contributed by atoms with Gasteiger partial charge < -0.3 is 71.6 Å². The van der Waals surface area contributed by atoms with Crippen molar-refractivity contribution in [2.45, 2.75) is 257 Å². The van der Waals surface area contributed by atoms with E-state index in [1.807, 2.05) is 68.5 Å². The molecule has 0 radical (unpaired) electrons. The highest BCUT2D eigenvalue weighted by Gasteiger charge is 2.62. The molecule has 3 aromatic heterocycles. The van der Waals surface area contributed by atoms with Crippen LogP contribution in [0, 0.1) is 41.4 Å². The summed E-state index contributed by atoms with van der Waals surface area (Å²) in [5, 5.41) is 11.4. The number of benzene rings is 1. The first-order chi connectivity index (χ1) is 53.3. The summed E-state index contributed by atoms with van der Waals surface area (Å²) < 4.78 is 71.8. The molecule has 24 atom stereocenters. The number of fused-ring (bicyclic) bond motifs is 2. The lowest BCUT2D eigenvalue weighted by atomic mass is 9.72. The van der Waals surface area contributed by atoms with Crippen molar-refractivity contribution < 1.29 is 100 Å². The molecule has 29 heteroatoms. The predicted molar refractivity (Wildman–Crippen MR) is 416 cm³/mol. The smallest absolute Gasteiger partial charge is 0.420 e. The standard InChI is InChI=1S/C42H63N5O10.C42H57N3O11/c1-12-31-42(13-2)35(47(40(52)57-42)20-15-14-19-46-23-44-37-29(46)17-16-18-43-37)26(5)32(48)24(3)22-41(8,53-11)36(27(6)33(49)28(7)38(51)55-31)56-39-34(50)30(45(9)10)21-25(4)54-39;1-12-32-42(13-2,56-40(50)45-20-19-43-24-45)23-26(4)33(46)25(3)22-41(8,51-11)36(28(6)34(47)29(7)37(48)53-32)55-39-35(31(44(9)10)21-27(5)52-39)54-38(49)30-17-15-14-16-18-30/h13,16-18,23-28,30-31,34-36,39,50H,2,12,14-15,19-22H2,1,3-11H3;13-20,23-25,27-29,31-32,35-36,39H,2,12,21-22H2,1,3-11H3/b;26-23+/t24-,25-,26+,27+,28-,30+,31-,34-,35-,36-,39?,41+,42-;25-,27-,28+,29-,31+,32-,35-,36-,39?,41+,42+/m11/s1. The third-order valence-electron chi connectivity index (χ3n) is 23.6. The number of carbonyl (C=O) groups is 9. The van der Waals surface area contributed by atoms with Gasteiger partial charge in [0.15, 0.2) is 52.9 Å². The lowest BCUT2D eigenvalue weighted by Crippen LogP contribution is -2.60. The molecule has 4 saturated heterocycles. The molecule has 29 nitrogen and oxygen atoms in total. The van der Waals surface area contributed by atoms with E-state index in [0.29, 0.717) is 43.4 Å². The minimum absolute atomic E-state index is 0.0512. The van der Waals surface area contributed by atoms with Crippen molar-refractivity contribution in [3.63, 3.8) is 0 Å². The van der Waals surface area contributed by atoms with Gasteiger partial charge in [-0.25, -0.2) is 33.9 Å². The number of unbranched alkanes of at least 4 members (excludes halogenated alkanes) is 1. The highest BCUT2D eigenvalue weighted by atomic mass is 16.7. The molecule has 5 aliphatic heterocycles. The number of rotatable bonds is 20. The molecule has 113 heavy (non-hydrogen) atoms. The molecule has 1 aromatic carbocycles. The second kappa shape index (κ2) is 38.5. The second-order valence-corrected chi connectivity index (χ2v) is 32.1. The molecule has 8 heterocycles. The number of likely N-dealkylation sites (N-methyl/N-ethyl adjacent to an activating group) is 2. The zero-order valence-electron chi connectivity index (χ0n) is 69.4. The SMILES string of the molecule is C=C[C@]1(OC(=O)n2ccnc2)/C=C(\C)C(=O)[C@H](C)C[C@](C)(OC)[C@H](OC2O[C@H](C)C[C@H](N(C)C)[C@H]2OC(=O)c2ccccc2)[C@@H](C)C(=O)[C@@H](C)C(=O)O[C@@H]1CC.C=C[C@]12OC(=O)N(CCCCn3cnc4ncccc43)[C@@H]1[C@@H](C)C(=O)[C@H](C)C[C@](C)(OC)[C@H](OC1O[C@H](C)C[C@H](N(C)C)[C@H]1O)[C@@H](C)C(=O)[C@@H](C)C(=O)O[C@@H]2CC. The van der Waals surface area contributed by atoms with E-state index >= 15 is 0 Å². The molecular formula is C84H120N8O21. The fraction of sp³-hybridized carbons (Fsp3) is 0.643. The Balaban J connectivity index is 0.000000283. The number of hydrogen-bond acceptors (Lipinski definition) is 26. The Labute approximate surface area is 664 Å². The van der Waals surface area contributed by atoms with Crippen LogP contribution in [0.2, 0.25) is 0 Å². The quantitative estimate of drug-likeness (QED) is 0.0282. The van der Waals surface area contributed by atoms with Crippen LogP contribution < -0.4 is 0 Å². The van der Waals surface area contributed by atoms with Crippen molar-refractivity contribution in [2.24, 2.45) is 41.4 Å². The number of methoxy groups -OCH3 is 2. The molecule has 0 spiro atoms. The number of imidazole rings is 2. The van der Waals surface area contributed by atoms with Crippen LogP contribution in [0.5, 0.6) is 0 Å². The van der Waals surface area contributed by atoms with Gasteiger partial charge in [-0.2, -0.15) is 0 Å². The van der Waals surface area contributed by atoms with Crippen LogP contribution in [-0.2, 0) is 87.4 Å². The van der Waals surface area contributed by atoms with Gasteiger partial charge in [0, 0.05) is 81.5 Å². The fourth-order valence-corrected chi connectivity index (χ4v) is 17.0. The van der Waals surface area contributed by atoms with E-state index in [0.717, 1.165) is 10.1 Å². The highest BCUT2D eigenvalue weighted by molar-refractivity contribution is 6.01. The number of aryl methyl sites for hydroxylation is 1. The third-order valence-corrected chi connectivity index (χ3v) is 23.6. The van der Waals surface area contributed by atoms with Crippen molar-refractivity contribution in [1.29, 1.82) is 0 Å². The number of ether oxygens (including phenoxy) is 11. The molecular weight excluding hydrogens is 1460 g/mol. The Hall–Kier alpha value is -8.26. The van der Waals surface area contributed by atoms with Crippen LogP contribution >= 0.6 is 0 Å². The Bertz CT molecular complexity index is 4020. The zero-order chi connectivity index (χ0) is 83.5. The van der Waals surface area contributed by atoms with Crippen molar-refractivity contribution >= 4 is 64.4 Å². The van der Waals surface area contributed by atoms with Crippen LogP contribution in [0.4, 0.5) is 9.59 Å². The lowest BCUT2D eigenvalue weighted by molar-refractivity contribution is -0.295. The first kappa shape index (κ1) is 90.3. The summed E-state index contributed by atoms with van der Waals surface area (Å²) in [4.78, 5) is 144. The molecule has 0 bridgehead atoms. The largest absolute Gasteiger partial charge is 0.457 e. The Morgan fingerprint density at radius 1 is 0.673 bits per heavy atom. The summed E-state index contributed by atoms with van der Waals surface area (Å²) >= 11 is 0. The van der Waals surface area contributed by atoms with E-state index in [4.69, 9.17) is 52.1 Å². The molecule has 4 aromatic rings. The fourth-order valence-electron chi connectivity index (χ4n) is 17.0. The van der Waals surface area contributed by atoms with Crippen molar-refractivity contribution in [3.8, 4) is 0 Å². The van der Waals surface area contributed by atoms with Crippen LogP contribution in [-0.4, -0.2) is 248 Å². The maximum absolute atomic E-state index is 14.8. The minimum Gasteiger partial charge on any atom is -0.457 e. The molecule has 4 fully saturated rings. The summed E-state index contributed by atoms with van der Waals surface area (Å²) in [5.74, 6) is -10.6. The van der Waals surface area contributed by atoms with E-state index in [9.17, 15) is 48.3 Å². The molecule has 1 N–H and O–H groups in total. The average molecular weight is 1580 g/mol. The average Bonchev–Trinajstić information content (AvgIpc) is 1.60. The van der Waals surface area contributed by atoms with E-state index in [1.54, 1.807) is 117 Å². The van der Waals surface area contributed by atoms with Crippen LogP contribution in [0.1, 0.15) is 159 Å². The number of carbonyl (C=O) groups excluding carboxylic acids is 9. The highest BCUT2D eigenvalue weighted by Crippen LogP contribution is 2.46. The first-order valence-corrected chi connectivity index (χ1v) is 39.3. The molecule has 1 amide bonds. The van der Waals surface area contributed by atoms with Gasteiger partial charge in [-0.05, 0) is 176 Å². The number of amides is 1. The summed E-state index contributed by atoms with van der Waals surface area (Å²) in [7, 11) is 10.4. The van der Waals surface area contributed by atoms with Crippen molar-refractivity contribution in [3.05, 3.63) is 116 Å². The van der Waals surface area contributed by atoms with Crippen LogP contribution in [0.25, 0.3) is 11.2 Å². The van der Waals surface area contributed by atoms with Crippen LogP contribution in [0.15, 0.2) is 111 Å². The molecule has 2 unspecified atom stereocenters. The van der Waals surface area contributed by atoms with E-state index in [-0.39, 0.29) is 73.7 Å². The molecule has 5 aliphatic rings. The predicted octanol–water partition coefficient (Wildman–Crippen LogP) is 10.2. The topological polar surface area (TPSA) is 334 Å². The van der Waals surface area contributed by atoms with Gasteiger partial charge in [0.25, 0.3) is 0 Å². The van der Waals surface area contributed by atoms with E-state index < -0.39 is 161 Å². The number of allylic oxidation sites excluding steroid dienone is 1. The number of Topliss-reactive ketones (excluding diaryl/α,β-unsaturated/α-hetero) is 4. The third kappa shape index (κ3) is 19.8. The molecule has 622 valence electrons. The number of esters is 3. The number of pyridine rings is 1. The zero-order valence-corrected chi connectivity index (χ0v) is 69.4. The molecule has 9 rings (SSSR count). The maximum Gasteiger partial charge on any atom is 0.420 e. The number of nitrogens with zero attached hydrogens (tertiary/aromatic N) is 8. The van der Waals surface area contributed by atoms with Gasteiger partial charge in [-0.15, -0.1) is 0 Å². The van der Waals surface area contributed by atoms with Crippen LogP contribution in [0.3, 0.4) is 0 Å². The summed E-state index contributed by atoms with van der Waals surface area (Å²) in [6, 6.07) is 10.9. The summed E-state index contributed by atoms with van der Waals surface area (Å²) in [6.45, 7) is 32.7. The minimum atomic E-state index is -1.80. The Kier molecular flexibility index (Phi) is 30.7.